The van der Waals surface area contributed by atoms with Gasteiger partial charge in [-0.1, -0.05) is 18.2 Å². The molecule has 0 radical (unpaired) electrons. The molecule has 0 aliphatic rings. The molecule has 0 amide bonds. The summed E-state index contributed by atoms with van der Waals surface area (Å²) >= 11 is 0. The average molecular weight is 217 g/mol. The third-order valence-electron chi connectivity index (χ3n) is 3.07. The summed E-state index contributed by atoms with van der Waals surface area (Å²) in [5, 5.41) is 1.20. The van der Waals surface area contributed by atoms with Crippen LogP contribution in [0.1, 0.15) is 19.6 Å². The van der Waals surface area contributed by atoms with Gasteiger partial charge in [-0.15, -0.1) is 0 Å². The van der Waals surface area contributed by atoms with Gasteiger partial charge in [0.2, 0.25) is 0 Å². The van der Waals surface area contributed by atoms with Crippen molar-refractivity contribution in [3.05, 3.63) is 36.1 Å². The molecule has 2 nitrogen and oxygen atoms in total. The second-order valence-electron chi connectivity index (χ2n) is 4.57. The van der Waals surface area contributed by atoms with Crippen LogP contribution in [0, 0.1) is 0 Å². The molecule has 0 saturated heterocycles. The van der Waals surface area contributed by atoms with Gasteiger partial charge >= 0.3 is 0 Å². The van der Waals surface area contributed by atoms with E-state index < -0.39 is 0 Å². The average Bonchev–Trinajstić information content (AvgIpc) is 2.68. The Labute approximate surface area is 96.9 Å². The summed E-state index contributed by atoms with van der Waals surface area (Å²) < 4.78 is 5.77. The number of nitrogens with zero attached hydrogens (tertiary/aromatic N) is 1. The van der Waals surface area contributed by atoms with Gasteiger partial charge in [0.15, 0.2) is 0 Å². The molecule has 1 aromatic carbocycles. The Morgan fingerprint density at radius 2 is 2.00 bits per heavy atom. The van der Waals surface area contributed by atoms with Gasteiger partial charge in [0.05, 0.1) is 0 Å². The van der Waals surface area contributed by atoms with Gasteiger partial charge in [0.25, 0.3) is 0 Å². The lowest BCUT2D eigenvalue weighted by Gasteiger charge is -2.19. The van der Waals surface area contributed by atoms with Crippen LogP contribution in [-0.4, -0.2) is 24.5 Å². The minimum Gasteiger partial charge on any atom is -0.461 e. The van der Waals surface area contributed by atoms with Gasteiger partial charge in [0, 0.05) is 24.4 Å². The van der Waals surface area contributed by atoms with E-state index in [4.69, 9.17) is 4.42 Å². The van der Waals surface area contributed by atoms with E-state index in [0.29, 0.717) is 6.04 Å². The van der Waals surface area contributed by atoms with Gasteiger partial charge in [-0.3, -0.25) is 0 Å². The molecule has 0 bridgehead atoms. The number of benzene rings is 1. The fraction of sp³-hybridized carbons (Fsp3) is 0.429. The van der Waals surface area contributed by atoms with Crippen LogP contribution in [0.4, 0.5) is 0 Å². The number of hydrogen-bond acceptors (Lipinski definition) is 2. The number of hydrogen-bond donors (Lipinski definition) is 0. The first-order valence-electron chi connectivity index (χ1n) is 5.84. The number of para-hydroxylation sites is 1. The molecule has 0 spiro atoms. The monoisotopic (exact) mass is 217 g/mol. The topological polar surface area (TPSA) is 16.4 Å². The molecule has 0 fully saturated rings. The highest BCUT2D eigenvalue weighted by atomic mass is 16.3. The first-order chi connectivity index (χ1) is 7.66. The van der Waals surface area contributed by atoms with E-state index >= 15 is 0 Å². The van der Waals surface area contributed by atoms with Gasteiger partial charge in [-0.05, 0) is 33.0 Å². The van der Waals surface area contributed by atoms with Crippen molar-refractivity contribution < 1.29 is 4.42 Å². The van der Waals surface area contributed by atoms with E-state index in [1.807, 2.05) is 18.2 Å². The van der Waals surface area contributed by atoms with Crippen molar-refractivity contribution in [2.24, 2.45) is 0 Å². The van der Waals surface area contributed by atoms with Crippen molar-refractivity contribution in [2.45, 2.75) is 26.3 Å². The van der Waals surface area contributed by atoms with E-state index in [1.54, 1.807) is 0 Å². The first kappa shape index (κ1) is 11.2. The van der Waals surface area contributed by atoms with E-state index in [0.717, 1.165) is 24.3 Å². The summed E-state index contributed by atoms with van der Waals surface area (Å²) in [6.07, 6.45) is 0.976. The second-order valence-corrected chi connectivity index (χ2v) is 4.57. The Morgan fingerprint density at radius 3 is 2.69 bits per heavy atom. The highest BCUT2D eigenvalue weighted by Gasteiger charge is 2.06. The van der Waals surface area contributed by atoms with Crippen molar-refractivity contribution >= 4 is 11.0 Å². The molecule has 0 aliphatic carbocycles. The SMILES string of the molecule is CC(C)N(C)CCc1cc2ccccc2o1. The van der Waals surface area contributed by atoms with E-state index in [-0.39, 0.29) is 0 Å². The zero-order valence-electron chi connectivity index (χ0n) is 10.2. The highest BCUT2D eigenvalue weighted by Crippen LogP contribution is 2.19. The minimum atomic E-state index is 0.587. The lowest BCUT2D eigenvalue weighted by atomic mass is 10.2. The quantitative estimate of drug-likeness (QED) is 0.781. The lowest BCUT2D eigenvalue weighted by Crippen LogP contribution is -2.28. The van der Waals surface area contributed by atoms with Crippen LogP contribution in [0.2, 0.25) is 0 Å². The van der Waals surface area contributed by atoms with Crippen molar-refractivity contribution in [1.82, 2.24) is 4.90 Å². The van der Waals surface area contributed by atoms with Gasteiger partial charge < -0.3 is 9.32 Å². The highest BCUT2D eigenvalue weighted by molar-refractivity contribution is 5.77. The molecular formula is C14H19NO. The normalized spacial score (nSPS) is 11.8. The molecule has 0 saturated carbocycles. The third kappa shape index (κ3) is 2.45. The molecule has 2 rings (SSSR count). The van der Waals surface area contributed by atoms with Gasteiger partial charge in [-0.25, -0.2) is 0 Å². The zero-order chi connectivity index (χ0) is 11.5. The molecule has 16 heavy (non-hydrogen) atoms. The first-order valence-corrected chi connectivity index (χ1v) is 5.84. The van der Waals surface area contributed by atoms with E-state index in [2.05, 4.69) is 37.9 Å². The second kappa shape index (κ2) is 4.71. The van der Waals surface area contributed by atoms with E-state index in [1.165, 1.54) is 5.39 Å². The fourth-order valence-electron chi connectivity index (χ4n) is 1.70. The Kier molecular flexibility index (Phi) is 3.30. The van der Waals surface area contributed by atoms with Gasteiger partial charge in [0.1, 0.15) is 11.3 Å². The molecule has 2 heteroatoms. The molecule has 0 atom stereocenters. The Bertz CT molecular complexity index is 425. The summed E-state index contributed by atoms with van der Waals surface area (Å²) in [5.74, 6) is 1.08. The number of fused-ring (bicyclic) bond motifs is 1. The van der Waals surface area contributed by atoms with Crippen LogP contribution in [-0.2, 0) is 6.42 Å². The van der Waals surface area contributed by atoms with Crippen LogP contribution >= 0.6 is 0 Å². The number of furan rings is 1. The largest absolute Gasteiger partial charge is 0.461 e. The van der Waals surface area contributed by atoms with E-state index in [9.17, 15) is 0 Å². The lowest BCUT2D eigenvalue weighted by molar-refractivity contribution is 0.271. The van der Waals surface area contributed by atoms with Gasteiger partial charge in [-0.2, -0.15) is 0 Å². The summed E-state index contributed by atoms with van der Waals surface area (Å²) in [5.41, 5.74) is 0.990. The Morgan fingerprint density at radius 1 is 1.25 bits per heavy atom. The van der Waals surface area contributed by atoms with Crippen molar-refractivity contribution in [1.29, 1.82) is 0 Å². The maximum Gasteiger partial charge on any atom is 0.134 e. The summed E-state index contributed by atoms with van der Waals surface area (Å²) in [6, 6.07) is 10.9. The number of rotatable bonds is 4. The molecule has 86 valence electrons. The molecule has 0 aliphatic heterocycles. The summed E-state index contributed by atoms with van der Waals surface area (Å²) in [4.78, 5) is 2.33. The standard InChI is InChI=1S/C14H19NO/c1-11(2)15(3)9-8-13-10-12-6-4-5-7-14(12)16-13/h4-7,10-11H,8-9H2,1-3H3. The molecule has 2 aromatic rings. The van der Waals surface area contributed by atoms with Crippen LogP contribution in [0.25, 0.3) is 11.0 Å². The van der Waals surface area contributed by atoms with Crippen LogP contribution in [0.5, 0.6) is 0 Å². The molecule has 1 aromatic heterocycles. The molecule has 0 N–H and O–H groups in total. The fourth-order valence-corrected chi connectivity index (χ4v) is 1.70. The maximum absolute atomic E-state index is 5.77. The molecule has 1 heterocycles. The predicted molar refractivity (Wildman–Crippen MR) is 67.7 cm³/mol. The minimum absolute atomic E-state index is 0.587. The van der Waals surface area contributed by atoms with Crippen LogP contribution in [0.3, 0.4) is 0 Å². The zero-order valence-corrected chi connectivity index (χ0v) is 10.2. The number of likely N-dealkylation sites (N-methyl/N-ethyl adjacent to an activating group) is 1. The van der Waals surface area contributed by atoms with Crippen molar-refractivity contribution in [3.8, 4) is 0 Å². The Balaban J connectivity index is 2.05. The third-order valence-corrected chi connectivity index (χ3v) is 3.07. The van der Waals surface area contributed by atoms with Crippen LogP contribution in [0.15, 0.2) is 34.7 Å². The predicted octanol–water partition coefficient (Wildman–Crippen LogP) is 3.32. The Hall–Kier alpha value is -1.28. The summed E-state index contributed by atoms with van der Waals surface area (Å²) in [6.45, 7) is 5.45. The molecular weight excluding hydrogens is 198 g/mol. The summed E-state index contributed by atoms with van der Waals surface area (Å²) in [7, 11) is 2.15. The molecule has 0 unspecified atom stereocenters. The van der Waals surface area contributed by atoms with Crippen molar-refractivity contribution in [2.75, 3.05) is 13.6 Å². The van der Waals surface area contributed by atoms with Crippen LogP contribution < -0.4 is 0 Å². The maximum atomic E-state index is 5.77. The smallest absolute Gasteiger partial charge is 0.134 e. The van der Waals surface area contributed by atoms with Crippen molar-refractivity contribution in [3.63, 3.8) is 0 Å².